The summed E-state index contributed by atoms with van der Waals surface area (Å²) in [6.45, 7) is 10.3. The van der Waals surface area contributed by atoms with Gasteiger partial charge >= 0.3 is 0 Å². The fourth-order valence-corrected chi connectivity index (χ4v) is 14.8. The van der Waals surface area contributed by atoms with E-state index in [9.17, 15) is 54.9 Å². The molecule has 0 aromatic heterocycles. The maximum Gasteiger partial charge on any atom is 0.229 e. The lowest BCUT2D eigenvalue weighted by atomic mass is 9.67. The summed E-state index contributed by atoms with van der Waals surface area (Å²) in [7, 11) is 7.02. The quantitative estimate of drug-likeness (QED) is 0.0298. The van der Waals surface area contributed by atoms with Crippen LogP contribution in [0.15, 0.2) is 24.0 Å². The van der Waals surface area contributed by atoms with E-state index in [0.29, 0.717) is 15.7 Å². The lowest BCUT2D eigenvalue weighted by Gasteiger charge is -2.46. The number of hydrogen-bond donors (Lipinski definition) is 9. The fourth-order valence-electron chi connectivity index (χ4n) is 13.0. The third kappa shape index (κ3) is 14.4. The predicted molar refractivity (Wildman–Crippen MR) is 330 cm³/mol. The molecule has 28 nitrogen and oxygen atoms in total. The summed E-state index contributed by atoms with van der Waals surface area (Å²) in [5, 5.41) is 82.6. The Morgan fingerprint density at radius 1 is 0.793 bits per heavy atom. The highest BCUT2D eigenvalue weighted by Gasteiger charge is 2.53. The molecule has 512 valence electrons. The van der Waals surface area contributed by atoms with E-state index < -0.39 is 166 Å². The van der Waals surface area contributed by atoms with Gasteiger partial charge in [0.2, 0.25) is 17.2 Å². The number of thioether (sulfide) groups is 1. The summed E-state index contributed by atoms with van der Waals surface area (Å²) >= 11 is 2.83. The van der Waals surface area contributed by atoms with Gasteiger partial charge in [0.15, 0.2) is 47.7 Å². The Kier molecular flexibility index (Phi) is 24.2. The monoisotopic (exact) mass is 1430 g/mol. The number of hydrogen-bond acceptors (Lipinski definition) is 29. The molecule has 4 heterocycles. The Hall–Kier alpha value is -4.24. The van der Waals surface area contributed by atoms with Gasteiger partial charge in [0.05, 0.1) is 140 Å². The number of halogens is 1. The zero-order chi connectivity index (χ0) is 66.8. The van der Waals surface area contributed by atoms with E-state index in [4.69, 9.17) is 71.2 Å². The Bertz CT molecular complexity index is 3050. The molecule has 7 aliphatic rings. The first-order valence-electron chi connectivity index (χ1n) is 30.5. The number of phenols is 2. The molecule has 4 aliphatic heterocycles. The topological polar surface area (TPSA) is 372 Å². The summed E-state index contributed by atoms with van der Waals surface area (Å²) in [5.41, 5.74) is 0.440. The molecule has 2 aromatic rings. The molecular weight excluding hydrogens is 1350 g/mol. The summed E-state index contributed by atoms with van der Waals surface area (Å²) in [4.78, 5) is 61.4. The van der Waals surface area contributed by atoms with Crippen molar-refractivity contribution in [1.82, 2.24) is 10.8 Å². The lowest BCUT2D eigenvalue weighted by Crippen LogP contribution is -2.64. The molecule has 4 saturated heterocycles. The van der Waals surface area contributed by atoms with E-state index >= 15 is 0 Å². The lowest BCUT2D eigenvalue weighted by molar-refractivity contribution is -0.335. The smallest absolute Gasteiger partial charge is 0.229 e. The minimum absolute atomic E-state index is 0.0291. The average molecular weight is 1430 g/mol. The van der Waals surface area contributed by atoms with E-state index in [2.05, 4.69) is 10.8 Å². The summed E-state index contributed by atoms with van der Waals surface area (Å²) in [5.74, 6) is -4.91. The number of aliphatic hydroxyl groups is 5. The van der Waals surface area contributed by atoms with Crippen molar-refractivity contribution in [3.63, 3.8) is 0 Å². The Morgan fingerprint density at radius 3 is 2.14 bits per heavy atom. The number of Topliss-reactive ketones (excluding diaryl/α,β-unsaturated/α-hetero) is 3. The first kappa shape index (κ1) is 72.0. The van der Waals surface area contributed by atoms with E-state index in [0.717, 1.165) is 11.8 Å². The van der Waals surface area contributed by atoms with Gasteiger partial charge in [0.1, 0.15) is 53.4 Å². The van der Waals surface area contributed by atoms with Gasteiger partial charge in [-0.2, -0.15) is 5.48 Å². The number of likely N-dealkylation sites (N-methyl/N-ethyl adjacent to an activating group) is 1. The van der Waals surface area contributed by atoms with Crippen molar-refractivity contribution >= 4 is 56.8 Å². The molecule has 0 radical (unpaired) electrons. The van der Waals surface area contributed by atoms with Crippen molar-refractivity contribution in [2.75, 3.05) is 75.1 Å². The highest BCUT2D eigenvalue weighted by molar-refractivity contribution is 14.1. The molecule has 4 fully saturated rings. The third-order valence-electron chi connectivity index (χ3n) is 18.1. The molecule has 0 amide bonds. The number of carbonyl (C=O) groups excluding carboxylic acids is 4. The summed E-state index contributed by atoms with van der Waals surface area (Å²) in [6, 6.07) is -1.12. The second kappa shape index (κ2) is 30.9. The van der Waals surface area contributed by atoms with Crippen LogP contribution < -0.4 is 25.0 Å². The minimum Gasteiger partial charge on any atom is -0.507 e. The van der Waals surface area contributed by atoms with Crippen molar-refractivity contribution in [3.05, 3.63) is 60.9 Å². The van der Waals surface area contributed by atoms with Crippen molar-refractivity contribution in [3.8, 4) is 28.7 Å². The van der Waals surface area contributed by atoms with E-state index in [1.807, 2.05) is 29.5 Å². The van der Waals surface area contributed by atoms with Crippen molar-refractivity contribution in [2.24, 2.45) is 11.8 Å². The number of nitrogens with one attached hydrogen (secondary N) is 2. The van der Waals surface area contributed by atoms with E-state index in [-0.39, 0.29) is 104 Å². The number of ketones is 3. The molecule has 2 unspecified atom stereocenters. The number of ether oxygens (including phenoxy) is 14. The van der Waals surface area contributed by atoms with Gasteiger partial charge in [-0.1, -0.05) is 30.8 Å². The zero-order valence-corrected chi connectivity index (χ0v) is 56.0. The number of aromatic hydroxyl groups is 2. The Labute approximate surface area is 550 Å². The Morgan fingerprint density at radius 2 is 1.49 bits per heavy atom. The molecule has 9 rings (SSSR count). The first-order valence-corrected chi connectivity index (χ1v) is 32.5. The van der Waals surface area contributed by atoms with Crippen molar-refractivity contribution < 1.29 is 126 Å². The molecule has 3 aliphatic carbocycles. The van der Waals surface area contributed by atoms with Gasteiger partial charge in [-0.3, -0.25) is 24.0 Å². The molecule has 30 heteroatoms. The number of rotatable bonds is 25. The third-order valence-corrected chi connectivity index (χ3v) is 20.8. The van der Waals surface area contributed by atoms with Crippen molar-refractivity contribution in [2.45, 2.75) is 182 Å². The molecule has 21 atom stereocenters. The predicted octanol–water partition coefficient (Wildman–Crippen LogP) is 2.52. The van der Waals surface area contributed by atoms with Gasteiger partial charge in [0, 0.05) is 51.0 Å². The molecular formula is C62H85IN2O26S. The van der Waals surface area contributed by atoms with Crippen LogP contribution in [0.5, 0.6) is 28.7 Å². The molecule has 0 saturated carbocycles. The average Bonchev–Trinajstić information content (AvgIpc) is 0.714. The van der Waals surface area contributed by atoms with Crippen molar-refractivity contribution in [1.29, 1.82) is 0 Å². The number of fused-ring (bicyclic) bond motifs is 3. The highest BCUT2D eigenvalue weighted by atomic mass is 127. The van der Waals surface area contributed by atoms with Gasteiger partial charge in [-0.25, -0.2) is 0 Å². The zero-order valence-electron chi connectivity index (χ0n) is 53.0. The van der Waals surface area contributed by atoms with E-state index in [1.165, 1.54) is 41.4 Å². The summed E-state index contributed by atoms with van der Waals surface area (Å²) < 4.78 is 83.9. The van der Waals surface area contributed by atoms with Crippen LogP contribution in [-0.2, 0) is 68.2 Å². The van der Waals surface area contributed by atoms with Gasteiger partial charge < -0.3 is 107 Å². The number of allylic oxidation sites excluding steroid dienone is 4. The number of methoxy groups -OCH3 is 5. The van der Waals surface area contributed by atoms with Crippen LogP contribution in [0.2, 0.25) is 0 Å². The van der Waals surface area contributed by atoms with Crippen LogP contribution >= 0.6 is 34.4 Å². The van der Waals surface area contributed by atoms with Crippen LogP contribution in [-0.4, -0.2) is 242 Å². The number of hydroxylamine groups is 1. The maximum atomic E-state index is 14.4. The Balaban J connectivity index is 0.824. The molecule has 2 aromatic carbocycles. The SMILES string of the molecule is CCN[C@H]1CO[C@@H](O[C@H]2[C@H](OCCOCCO[C@H]3C[C@](O)(C(C)=O)Cc4c(O)c5c(c(O)c43)C(=O)C3C(OC)=CC=CC3C5=O)O[C@H](C)[C@@H](NO[C@H]3C[C@H](O)[C@H](SC(=O)c4c(C)c(I)c(O[C@@H]5O[C@@H](C)[C@H](O)[C@@H](OC)[C@H]5O)c(OC)c4OC)[C@@H](C)O3)[C@@H]2O)C[C@@H]1OC. The van der Waals surface area contributed by atoms with Gasteiger partial charge in [0.25, 0.3) is 0 Å². The number of aliphatic hydroxyl groups excluding tert-OH is 4. The molecule has 0 spiro atoms. The second-order valence-electron chi connectivity index (χ2n) is 23.7. The normalized spacial score (nSPS) is 35.3. The molecule has 92 heavy (non-hydrogen) atoms. The standard InChI is InChI=1S/C62H85IN2O26S/c1-12-64-32-24-85-37(21-35(32)78-8)89-56-51(73)45(65-91-38-20-33(67)58(28(5)86-38)92-59(75)39-25(2)44(63)54(57(81-11)53(39)79-9)90-60-52(74)55(80-10)46(68)27(4)88-60)26(3)87-61(56)84-19-17-82-16-18-83-36-23-62(76,29(6)66)22-31-41(36)50(72)43-42(48(31)70)47(69)30-14-13-15-34(77-7)40(30)49(43)71/h13-15,26-28,30,32-33,35-38,40,45-46,51-52,55-56,58,60-61,64-65,67-68,70,72-74,76H,12,16-24H2,1-11H3/t26-,27+,28-,30?,32+,33+,35+,36+,37+,38+,40?,45-,46+,51+,52-,55-,56-,58-,60+,61-,62+/m1/s1. The maximum absolute atomic E-state index is 14.4. The number of benzene rings is 2. The largest absolute Gasteiger partial charge is 0.507 e. The van der Waals surface area contributed by atoms with Crippen LogP contribution in [0.25, 0.3) is 0 Å². The molecule has 9 N–H and O–H groups in total. The first-order chi connectivity index (χ1) is 43.9. The van der Waals surface area contributed by atoms with Gasteiger partial charge in [-0.15, -0.1) is 0 Å². The fraction of sp³-hybridized carbons (Fsp3) is 0.677. The van der Waals surface area contributed by atoms with E-state index in [1.54, 1.807) is 47.0 Å². The minimum atomic E-state index is -2.06. The van der Waals surface area contributed by atoms with Crippen LogP contribution in [0.3, 0.4) is 0 Å². The summed E-state index contributed by atoms with van der Waals surface area (Å²) in [6.07, 6.45) is -11.7. The number of phenolic OH excluding ortho intramolecular Hbond substituents is 2. The number of carbonyl (C=O) groups is 4. The van der Waals surface area contributed by atoms with Crippen LogP contribution in [0.4, 0.5) is 0 Å². The second-order valence-corrected chi connectivity index (χ2v) is 25.9. The molecule has 0 bridgehead atoms. The van der Waals surface area contributed by atoms with Crippen LogP contribution in [0.1, 0.15) is 108 Å². The highest BCUT2D eigenvalue weighted by Crippen LogP contribution is 2.54. The van der Waals surface area contributed by atoms with Crippen LogP contribution in [0, 0.1) is 22.3 Å². The van der Waals surface area contributed by atoms with Gasteiger partial charge in [-0.05, 0) is 75.4 Å².